The van der Waals surface area contributed by atoms with E-state index in [1.54, 1.807) is 44.8 Å². The molecule has 0 atom stereocenters. The summed E-state index contributed by atoms with van der Waals surface area (Å²) in [6.45, 7) is 1.88. The van der Waals surface area contributed by atoms with Gasteiger partial charge in [-0.1, -0.05) is 17.7 Å². The fraction of sp³-hybridized carbons (Fsp3) is 0.200. The summed E-state index contributed by atoms with van der Waals surface area (Å²) < 4.78 is 5.36. The van der Waals surface area contributed by atoms with E-state index in [-0.39, 0.29) is 12.5 Å². The molecule has 1 aromatic carbocycles. The van der Waals surface area contributed by atoms with Crippen molar-refractivity contribution >= 4 is 29.0 Å². The highest BCUT2D eigenvalue weighted by molar-refractivity contribution is 6.30. The number of nitrogens with one attached hydrogen (secondary N) is 1. The molecule has 0 aliphatic rings. The zero-order chi connectivity index (χ0) is 20.1. The number of rotatable bonds is 6. The lowest BCUT2D eigenvalue weighted by Crippen LogP contribution is -2.32. The number of aromatic nitrogens is 3. The van der Waals surface area contributed by atoms with Crippen LogP contribution in [0.1, 0.15) is 5.56 Å². The normalized spacial score (nSPS) is 10.4. The average molecular weight is 398 g/mol. The number of hydrogen-bond acceptors (Lipinski definition) is 6. The number of carbonyl (C=O) groups is 1. The molecule has 0 unspecified atom stereocenters. The van der Waals surface area contributed by atoms with Gasteiger partial charge in [-0.25, -0.2) is 4.98 Å². The highest BCUT2D eigenvalue weighted by atomic mass is 35.5. The van der Waals surface area contributed by atoms with Crippen LogP contribution in [0.15, 0.2) is 48.8 Å². The summed E-state index contributed by atoms with van der Waals surface area (Å²) in [4.78, 5) is 27.2. The van der Waals surface area contributed by atoms with Crippen molar-refractivity contribution in [1.82, 2.24) is 15.0 Å². The minimum Gasteiger partial charge on any atom is -0.481 e. The van der Waals surface area contributed by atoms with Crippen LogP contribution in [0.25, 0.3) is 11.4 Å². The van der Waals surface area contributed by atoms with Crippen molar-refractivity contribution in [2.75, 3.05) is 30.9 Å². The number of pyridine rings is 1. The van der Waals surface area contributed by atoms with Gasteiger partial charge in [0.25, 0.3) is 0 Å². The molecule has 0 aliphatic heterocycles. The zero-order valence-corrected chi connectivity index (χ0v) is 16.6. The first-order valence-electron chi connectivity index (χ1n) is 8.58. The number of nitrogens with zero attached hydrogens (tertiary/aromatic N) is 4. The molecular formula is C20H20ClN5O2. The molecule has 0 saturated heterocycles. The fourth-order valence-corrected chi connectivity index (χ4v) is 2.78. The van der Waals surface area contributed by atoms with Crippen LogP contribution in [-0.2, 0) is 4.79 Å². The van der Waals surface area contributed by atoms with Gasteiger partial charge in [0.05, 0.1) is 19.2 Å². The molecule has 0 bridgehead atoms. The average Bonchev–Trinajstić information content (AvgIpc) is 2.72. The van der Waals surface area contributed by atoms with Crippen molar-refractivity contribution in [3.05, 3.63) is 59.4 Å². The minimum absolute atomic E-state index is 0.0521. The number of amides is 1. The van der Waals surface area contributed by atoms with E-state index in [0.29, 0.717) is 33.8 Å². The first kappa shape index (κ1) is 19.6. The molecular weight excluding hydrogens is 378 g/mol. The van der Waals surface area contributed by atoms with Crippen LogP contribution in [0.4, 0.5) is 11.5 Å². The highest BCUT2D eigenvalue weighted by Crippen LogP contribution is 2.26. The second-order valence-corrected chi connectivity index (χ2v) is 6.49. The van der Waals surface area contributed by atoms with Crippen LogP contribution >= 0.6 is 11.6 Å². The molecule has 3 aromatic rings. The quantitative estimate of drug-likeness (QED) is 0.684. The maximum Gasteiger partial charge on any atom is 0.246 e. The monoisotopic (exact) mass is 397 g/mol. The Kier molecular flexibility index (Phi) is 6.06. The molecule has 1 amide bonds. The summed E-state index contributed by atoms with van der Waals surface area (Å²) in [5, 5.41) is 3.66. The lowest BCUT2D eigenvalue weighted by atomic mass is 10.2. The molecule has 0 fully saturated rings. The van der Waals surface area contributed by atoms with Gasteiger partial charge in [0.15, 0.2) is 5.82 Å². The summed E-state index contributed by atoms with van der Waals surface area (Å²) in [5.74, 6) is 1.29. The van der Waals surface area contributed by atoms with Gasteiger partial charge >= 0.3 is 0 Å². The van der Waals surface area contributed by atoms with E-state index >= 15 is 0 Å². The molecule has 7 nitrogen and oxygen atoms in total. The topological polar surface area (TPSA) is 80.2 Å². The highest BCUT2D eigenvalue weighted by Gasteiger charge is 2.16. The van der Waals surface area contributed by atoms with Gasteiger partial charge in [-0.15, -0.1) is 0 Å². The maximum absolute atomic E-state index is 12.6. The van der Waals surface area contributed by atoms with Crippen LogP contribution in [0.2, 0.25) is 5.02 Å². The molecule has 144 valence electrons. The van der Waals surface area contributed by atoms with Gasteiger partial charge < -0.3 is 15.0 Å². The largest absolute Gasteiger partial charge is 0.481 e. The number of hydrogen-bond donors (Lipinski definition) is 1. The molecule has 28 heavy (non-hydrogen) atoms. The van der Waals surface area contributed by atoms with Crippen molar-refractivity contribution in [1.29, 1.82) is 0 Å². The van der Waals surface area contributed by atoms with Gasteiger partial charge in [0.2, 0.25) is 11.8 Å². The molecule has 2 heterocycles. The second kappa shape index (κ2) is 8.67. The lowest BCUT2D eigenvalue weighted by molar-refractivity contribution is -0.116. The van der Waals surface area contributed by atoms with Gasteiger partial charge in [-0.2, -0.15) is 4.98 Å². The van der Waals surface area contributed by atoms with E-state index in [1.165, 1.54) is 4.90 Å². The Bertz CT molecular complexity index is 982. The Balaban J connectivity index is 1.80. The number of benzene rings is 1. The zero-order valence-electron chi connectivity index (χ0n) is 15.8. The van der Waals surface area contributed by atoms with Gasteiger partial charge in [0.1, 0.15) is 5.82 Å². The van der Waals surface area contributed by atoms with Crippen LogP contribution in [0, 0.1) is 6.92 Å². The van der Waals surface area contributed by atoms with Crippen molar-refractivity contribution in [3.8, 4) is 17.3 Å². The van der Waals surface area contributed by atoms with Crippen molar-refractivity contribution in [3.63, 3.8) is 0 Å². The van der Waals surface area contributed by atoms with E-state index in [2.05, 4.69) is 20.3 Å². The van der Waals surface area contributed by atoms with Gasteiger partial charge in [0, 0.05) is 35.7 Å². The van der Waals surface area contributed by atoms with E-state index in [4.69, 9.17) is 16.3 Å². The Morgan fingerprint density at radius 2 is 2.07 bits per heavy atom. The summed E-state index contributed by atoms with van der Waals surface area (Å²) >= 11 is 6.01. The summed E-state index contributed by atoms with van der Waals surface area (Å²) in [7, 11) is 3.24. The van der Waals surface area contributed by atoms with Crippen LogP contribution < -0.4 is 15.0 Å². The van der Waals surface area contributed by atoms with Crippen molar-refractivity contribution in [2.24, 2.45) is 0 Å². The number of ether oxygens (including phenoxy) is 1. The van der Waals surface area contributed by atoms with Gasteiger partial charge in [-0.3, -0.25) is 9.78 Å². The third-order valence-electron chi connectivity index (χ3n) is 4.19. The number of likely N-dealkylation sites (N-methyl/N-ethyl adjacent to an activating group) is 1. The molecule has 0 spiro atoms. The predicted molar refractivity (Wildman–Crippen MR) is 110 cm³/mol. The fourth-order valence-electron chi connectivity index (χ4n) is 2.60. The molecule has 8 heteroatoms. The van der Waals surface area contributed by atoms with Crippen molar-refractivity contribution in [2.45, 2.75) is 6.92 Å². The van der Waals surface area contributed by atoms with E-state index in [1.807, 2.05) is 25.1 Å². The molecule has 0 aliphatic carbocycles. The Labute approximate surface area is 168 Å². The molecule has 0 saturated carbocycles. The predicted octanol–water partition coefficient (Wildman–Crippen LogP) is 3.58. The third kappa shape index (κ3) is 4.37. The first-order valence-corrected chi connectivity index (χ1v) is 8.96. The van der Waals surface area contributed by atoms with Crippen LogP contribution in [0.5, 0.6) is 5.88 Å². The number of anilines is 2. The smallest absolute Gasteiger partial charge is 0.246 e. The Hall–Kier alpha value is -3.19. The first-order chi connectivity index (χ1) is 13.5. The lowest BCUT2D eigenvalue weighted by Gasteiger charge is -2.19. The molecule has 3 rings (SSSR count). The number of methoxy groups -OCH3 is 1. The number of halogens is 1. The van der Waals surface area contributed by atoms with E-state index < -0.39 is 0 Å². The van der Waals surface area contributed by atoms with E-state index in [0.717, 1.165) is 5.56 Å². The van der Waals surface area contributed by atoms with Gasteiger partial charge in [-0.05, 0) is 37.3 Å². The minimum atomic E-state index is -0.137. The third-order valence-corrected chi connectivity index (χ3v) is 4.43. The maximum atomic E-state index is 12.6. The number of carbonyl (C=O) groups excluding carboxylic acids is 1. The Morgan fingerprint density at radius 3 is 2.75 bits per heavy atom. The standard InChI is InChI=1S/C20H20ClN5O2/c1-13-18(23-12-17(27)26(2)16-8-4-7-15(21)10-16)24-19(25-20(13)28-3)14-6-5-9-22-11-14/h4-11H,12H2,1-3H3,(H,23,24,25). The summed E-state index contributed by atoms with van der Waals surface area (Å²) in [5.41, 5.74) is 2.19. The van der Waals surface area contributed by atoms with E-state index in [9.17, 15) is 4.79 Å². The molecule has 2 aromatic heterocycles. The van der Waals surface area contributed by atoms with Crippen molar-refractivity contribution < 1.29 is 9.53 Å². The second-order valence-electron chi connectivity index (χ2n) is 6.06. The van der Waals surface area contributed by atoms with Crippen LogP contribution in [-0.4, -0.2) is 41.6 Å². The SMILES string of the molecule is COc1nc(-c2cccnc2)nc(NCC(=O)N(C)c2cccc(Cl)c2)c1C. The summed E-state index contributed by atoms with van der Waals surface area (Å²) in [6.07, 6.45) is 3.35. The Morgan fingerprint density at radius 1 is 1.25 bits per heavy atom. The van der Waals surface area contributed by atoms with Crippen LogP contribution in [0.3, 0.4) is 0 Å². The molecule has 1 N–H and O–H groups in total. The molecule has 0 radical (unpaired) electrons. The summed E-state index contributed by atoms with van der Waals surface area (Å²) in [6, 6.07) is 10.8.